The van der Waals surface area contributed by atoms with Gasteiger partial charge in [-0.1, -0.05) is 43.7 Å². The third kappa shape index (κ3) is 8.17. The average molecular weight is 558 g/mol. The van der Waals surface area contributed by atoms with Crippen LogP contribution in [-0.2, 0) is 21.2 Å². The number of aryl methyl sites for hydroxylation is 1. The number of nitrogens with one attached hydrogen (secondary N) is 2. The van der Waals surface area contributed by atoms with Crippen LogP contribution in [0.3, 0.4) is 0 Å². The van der Waals surface area contributed by atoms with Crippen LogP contribution in [0, 0.1) is 11.6 Å². The van der Waals surface area contributed by atoms with Gasteiger partial charge in [-0.25, -0.2) is 30.7 Å². The number of amides is 1. The fourth-order valence-corrected chi connectivity index (χ4v) is 5.47. The van der Waals surface area contributed by atoms with Crippen molar-refractivity contribution in [3.05, 3.63) is 59.7 Å². The van der Waals surface area contributed by atoms with Crippen LogP contribution in [-0.4, -0.2) is 57.2 Å². The third-order valence-corrected chi connectivity index (χ3v) is 8.03. The SMILES string of the molecule is CCc1ccccc1.O=C(NS(=O)(=O)c1cc(F)c(NCCCN2CC(F)C2)c(F)c1)C1(F)CCCCC1. The summed E-state index contributed by atoms with van der Waals surface area (Å²) < 4.78 is 82.3. The van der Waals surface area contributed by atoms with Gasteiger partial charge in [0.15, 0.2) is 17.3 Å². The second-order valence-electron chi connectivity index (χ2n) is 9.70. The number of sulfonamides is 1. The zero-order valence-corrected chi connectivity index (χ0v) is 22.3. The number of carbonyl (C=O) groups is 1. The van der Waals surface area contributed by atoms with Crippen molar-refractivity contribution >= 4 is 21.6 Å². The van der Waals surface area contributed by atoms with Gasteiger partial charge in [0, 0.05) is 26.2 Å². The van der Waals surface area contributed by atoms with Crippen molar-refractivity contribution in [2.45, 2.75) is 68.6 Å². The summed E-state index contributed by atoms with van der Waals surface area (Å²) in [6.07, 6.45) is 2.31. The highest BCUT2D eigenvalue weighted by molar-refractivity contribution is 7.90. The second kappa shape index (κ2) is 13.4. The summed E-state index contributed by atoms with van der Waals surface area (Å²) in [5.41, 5.74) is -1.39. The molecule has 38 heavy (non-hydrogen) atoms. The molecule has 4 rings (SSSR count). The molecule has 2 aromatic carbocycles. The Hall–Kier alpha value is -2.66. The summed E-state index contributed by atoms with van der Waals surface area (Å²) >= 11 is 0. The lowest BCUT2D eigenvalue weighted by atomic mass is 9.86. The minimum atomic E-state index is -4.64. The van der Waals surface area contributed by atoms with Crippen molar-refractivity contribution in [2.24, 2.45) is 0 Å². The molecular weight excluding hydrogens is 522 g/mol. The number of nitrogens with zero attached hydrogens (tertiary/aromatic N) is 1. The molecule has 1 saturated heterocycles. The number of carbonyl (C=O) groups excluding carboxylic acids is 1. The topological polar surface area (TPSA) is 78.5 Å². The molecule has 2 N–H and O–H groups in total. The van der Waals surface area contributed by atoms with Crippen LogP contribution >= 0.6 is 0 Å². The fraction of sp³-hybridized carbons (Fsp3) is 0.519. The summed E-state index contributed by atoms with van der Waals surface area (Å²) in [5.74, 6) is -3.61. The van der Waals surface area contributed by atoms with Gasteiger partial charge in [0.25, 0.3) is 15.9 Å². The molecule has 2 fully saturated rings. The highest BCUT2D eigenvalue weighted by Crippen LogP contribution is 2.32. The Morgan fingerprint density at radius 1 is 1.05 bits per heavy atom. The third-order valence-electron chi connectivity index (χ3n) is 6.72. The van der Waals surface area contributed by atoms with Crippen LogP contribution in [0.2, 0.25) is 0 Å². The highest BCUT2D eigenvalue weighted by atomic mass is 32.2. The maximum absolute atomic E-state index is 14.7. The molecule has 0 radical (unpaired) electrons. The number of likely N-dealkylation sites (tertiary alicyclic amines) is 1. The van der Waals surface area contributed by atoms with Crippen molar-refractivity contribution in [2.75, 3.05) is 31.5 Å². The lowest BCUT2D eigenvalue weighted by molar-refractivity contribution is -0.133. The first kappa shape index (κ1) is 29.9. The lowest BCUT2D eigenvalue weighted by Crippen LogP contribution is -2.48. The van der Waals surface area contributed by atoms with Crippen LogP contribution < -0.4 is 10.0 Å². The predicted molar refractivity (Wildman–Crippen MR) is 139 cm³/mol. The summed E-state index contributed by atoms with van der Waals surface area (Å²) in [6.45, 7) is 3.63. The normalized spacial score (nSPS) is 17.6. The molecule has 0 atom stereocenters. The Labute approximate surface area is 221 Å². The Kier molecular flexibility index (Phi) is 10.6. The molecule has 0 aromatic heterocycles. The molecule has 1 saturated carbocycles. The maximum atomic E-state index is 14.7. The van der Waals surface area contributed by atoms with E-state index >= 15 is 0 Å². The molecule has 0 bridgehead atoms. The van der Waals surface area contributed by atoms with Gasteiger partial charge in [-0.3, -0.25) is 9.69 Å². The van der Waals surface area contributed by atoms with Crippen LogP contribution in [0.5, 0.6) is 0 Å². The molecule has 210 valence electrons. The molecule has 11 heteroatoms. The monoisotopic (exact) mass is 557 g/mol. The summed E-state index contributed by atoms with van der Waals surface area (Å²) in [7, 11) is -4.64. The Balaban J connectivity index is 0.000000427. The summed E-state index contributed by atoms with van der Waals surface area (Å²) in [4.78, 5) is 13.2. The lowest BCUT2D eigenvalue weighted by Gasteiger charge is -2.34. The number of benzene rings is 2. The zero-order valence-electron chi connectivity index (χ0n) is 21.5. The molecule has 2 aromatic rings. The predicted octanol–water partition coefficient (Wildman–Crippen LogP) is 5.15. The van der Waals surface area contributed by atoms with Crippen molar-refractivity contribution in [1.29, 1.82) is 0 Å². The molecule has 1 heterocycles. The van der Waals surface area contributed by atoms with Crippen LogP contribution in [0.15, 0.2) is 47.4 Å². The Morgan fingerprint density at radius 2 is 1.66 bits per heavy atom. The molecule has 6 nitrogen and oxygen atoms in total. The van der Waals surface area contributed by atoms with Gasteiger partial charge in [0.05, 0.1) is 4.90 Å². The molecule has 0 spiro atoms. The van der Waals surface area contributed by atoms with Crippen molar-refractivity contribution in [1.82, 2.24) is 9.62 Å². The molecular formula is C27H35F4N3O3S. The van der Waals surface area contributed by atoms with Gasteiger partial charge >= 0.3 is 0 Å². The van der Waals surface area contributed by atoms with E-state index in [1.54, 1.807) is 4.72 Å². The minimum Gasteiger partial charge on any atom is -0.380 e. The van der Waals surface area contributed by atoms with Crippen molar-refractivity contribution in [3.8, 4) is 0 Å². The van der Waals surface area contributed by atoms with E-state index in [0.29, 0.717) is 51.0 Å². The molecule has 1 aliphatic heterocycles. The van der Waals surface area contributed by atoms with Gasteiger partial charge < -0.3 is 5.32 Å². The van der Waals surface area contributed by atoms with Crippen LogP contribution in [0.4, 0.5) is 23.2 Å². The number of alkyl halides is 2. The van der Waals surface area contributed by atoms with Gasteiger partial charge in [-0.15, -0.1) is 0 Å². The maximum Gasteiger partial charge on any atom is 0.271 e. The van der Waals surface area contributed by atoms with Crippen LogP contribution in [0.25, 0.3) is 0 Å². The largest absolute Gasteiger partial charge is 0.380 e. The van der Waals surface area contributed by atoms with E-state index in [9.17, 15) is 30.8 Å². The Morgan fingerprint density at radius 3 is 2.18 bits per heavy atom. The molecule has 0 unspecified atom stereocenters. The fourth-order valence-electron chi connectivity index (χ4n) is 4.40. The van der Waals surface area contributed by atoms with E-state index in [0.717, 1.165) is 12.8 Å². The first-order valence-electron chi connectivity index (χ1n) is 12.9. The van der Waals surface area contributed by atoms with Crippen molar-refractivity contribution in [3.63, 3.8) is 0 Å². The zero-order chi connectivity index (χ0) is 27.8. The minimum absolute atomic E-state index is 0.0939. The first-order chi connectivity index (χ1) is 18.0. The number of hydrogen-bond acceptors (Lipinski definition) is 5. The number of anilines is 1. The van der Waals surface area contributed by atoms with E-state index < -0.39 is 50.0 Å². The smallest absolute Gasteiger partial charge is 0.271 e. The van der Waals surface area contributed by atoms with Crippen LogP contribution in [0.1, 0.15) is 51.0 Å². The number of hydrogen-bond donors (Lipinski definition) is 2. The van der Waals surface area contributed by atoms with Gasteiger partial charge in [0.1, 0.15) is 11.9 Å². The number of rotatable bonds is 9. The van der Waals surface area contributed by atoms with Gasteiger partial charge in [-0.05, 0) is 56.2 Å². The van der Waals surface area contributed by atoms with E-state index in [-0.39, 0.29) is 19.4 Å². The molecule has 2 aliphatic rings. The first-order valence-corrected chi connectivity index (χ1v) is 14.4. The van der Waals surface area contributed by atoms with Gasteiger partial charge in [0.2, 0.25) is 0 Å². The van der Waals surface area contributed by atoms with Crippen molar-refractivity contribution < 1.29 is 30.8 Å². The molecule has 1 aliphatic carbocycles. The van der Waals surface area contributed by atoms with E-state index in [1.807, 2.05) is 11.0 Å². The second-order valence-corrected chi connectivity index (χ2v) is 11.4. The average Bonchev–Trinajstić information content (AvgIpc) is 2.87. The Bertz CT molecular complexity index is 1150. The standard InChI is InChI=1S/C19H25F4N3O3S.C8H10/c20-13-11-26(12-13)8-4-7-24-17-15(21)9-14(10-16(17)22)30(28,29)25-18(27)19(23)5-2-1-3-6-19;1-2-8-6-4-3-5-7-8/h9-10,13,24H,1-8,11-12H2,(H,25,27);3-7H,2H2,1H3. The van der Waals surface area contributed by atoms with E-state index in [2.05, 4.69) is 36.5 Å². The van der Waals surface area contributed by atoms with E-state index in [1.165, 1.54) is 5.56 Å². The van der Waals surface area contributed by atoms with Gasteiger partial charge in [-0.2, -0.15) is 0 Å². The summed E-state index contributed by atoms with van der Waals surface area (Å²) in [5, 5.41) is 2.56. The highest BCUT2D eigenvalue weighted by Gasteiger charge is 2.41. The summed E-state index contributed by atoms with van der Waals surface area (Å²) in [6, 6.07) is 11.6. The van der Waals surface area contributed by atoms with E-state index in [4.69, 9.17) is 0 Å². The quantitative estimate of drug-likeness (QED) is 0.330. The molecule has 1 amide bonds. The number of halogens is 4.